The van der Waals surface area contributed by atoms with Crippen LogP contribution in [0.1, 0.15) is 19.3 Å². The first-order valence-electron chi connectivity index (χ1n) is 8.60. The largest absolute Gasteiger partial charge is 0.457 e. The fourth-order valence-corrected chi connectivity index (χ4v) is 3.66. The van der Waals surface area contributed by atoms with Crippen molar-refractivity contribution in [2.45, 2.75) is 19.3 Å². The average Bonchev–Trinajstić information content (AvgIpc) is 3.31. The molecule has 2 fully saturated rings. The molecule has 0 radical (unpaired) electrons. The number of benzene rings is 2. The standard InChI is InChI=1S/C20H22N2O2/c23-19(18-14-20(18)10-12-21-13-11-20)22-15-6-8-17(9-7-15)24-16-4-2-1-3-5-16/h1-9,18,21H,10-14H2,(H,22,23). The summed E-state index contributed by atoms with van der Waals surface area (Å²) in [7, 11) is 0. The Kier molecular flexibility index (Phi) is 3.98. The van der Waals surface area contributed by atoms with Crippen molar-refractivity contribution in [3.8, 4) is 11.5 Å². The Morgan fingerprint density at radius 2 is 1.67 bits per heavy atom. The van der Waals surface area contributed by atoms with Gasteiger partial charge in [-0.15, -0.1) is 0 Å². The second-order valence-corrected chi connectivity index (χ2v) is 6.80. The van der Waals surface area contributed by atoms with Gasteiger partial charge in [-0.3, -0.25) is 4.79 Å². The van der Waals surface area contributed by atoms with Gasteiger partial charge in [0.1, 0.15) is 11.5 Å². The molecule has 2 aromatic carbocycles. The van der Waals surface area contributed by atoms with Crippen LogP contribution in [-0.4, -0.2) is 19.0 Å². The number of carbonyl (C=O) groups excluding carboxylic acids is 1. The normalized spacial score (nSPS) is 21.2. The Balaban J connectivity index is 1.35. The van der Waals surface area contributed by atoms with Gasteiger partial charge in [0.05, 0.1) is 0 Å². The number of anilines is 1. The first kappa shape index (κ1) is 15.2. The third kappa shape index (κ3) is 3.15. The highest BCUT2D eigenvalue weighted by molar-refractivity contribution is 5.95. The van der Waals surface area contributed by atoms with Crippen LogP contribution in [0.25, 0.3) is 0 Å². The molecule has 1 saturated heterocycles. The Morgan fingerprint density at radius 3 is 2.38 bits per heavy atom. The van der Waals surface area contributed by atoms with Gasteiger partial charge in [0.15, 0.2) is 0 Å². The van der Waals surface area contributed by atoms with E-state index in [9.17, 15) is 4.79 Å². The number of hydrogen-bond acceptors (Lipinski definition) is 3. The monoisotopic (exact) mass is 322 g/mol. The van der Waals surface area contributed by atoms with Gasteiger partial charge in [0.2, 0.25) is 5.91 Å². The molecule has 2 aliphatic rings. The van der Waals surface area contributed by atoms with Gasteiger partial charge in [-0.05, 0) is 74.2 Å². The van der Waals surface area contributed by atoms with Crippen LogP contribution in [0.5, 0.6) is 11.5 Å². The van der Waals surface area contributed by atoms with Crippen LogP contribution in [0.15, 0.2) is 54.6 Å². The minimum atomic E-state index is 0.161. The second-order valence-electron chi connectivity index (χ2n) is 6.80. The zero-order valence-corrected chi connectivity index (χ0v) is 13.6. The highest BCUT2D eigenvalue weighted by Gasteiger charge is 2.57. The minimum absolute atomic E-state index is 0.161. The number of carbonyl (C=O) groups is 1. The van der Waals surface area contributed by atoms with E-state index in [-0.39, 0.29) is 17.2 Å². The maximum Gasteiger partial charge on any atom is 0.228 e. The average molecular weight is 322 g/mol. The van der Waals surface area contributed by atoms with Crippen LogP contribution in [0.4, 0.5) is 5.69 Å². The number of piperidine rings is 1. The van der Waals surface area contributed by atoms with Crippen LogP contribution in [-0.2, 0) is 4.79 Å². The number of amides is 1. The molecule has 1 atom stereocenters. The Morgan fingerprint density at radius 1 is 1.00 bits per heavy atom. The molecule has 1 aliphatic carbocycles. The first-order valence-corrected chi connectivity index (χ1v) is 8.60. The van der Waals surface area contributed by atoms with Crippen LogP contribution >= 0.6 is 0 Å². The van der Waals surface area contributed by atoms with E-state index >= 15 is 0 Å². The molecule has 4 nitrogen and oxygen atoms in total. The van der Waals surface area contributed by atoms with Crippen LogP contribution in [0.3, 0.4) is 0 Å². The fourth-order valence-electron chi connectivity index (χ4n) is 3.66. The van der Waals surface area contributed by atoms with Gasteiger partial charge in [-0.1, -0.05) is 18.2 Å². The molecular weight excluding hydrogens is 300 g/mol. The number of hydrogen-bond donors (Lipinski definition) is 2. The lowest BCUT2D eigenvalue weighted by Gasteiger charge is -2.23. The molecule has 1 heterocycles. The van der Waals surface area contributed by atoms with Crippen molar-refractivity contribution >= 4 is 11.6 Å². The Hall–Kier alpha value is -2.33. The van der Waals surface area contributed by atoms with Crippen molar-refractivity contribution in [2.24, 2.45) is 11.3 Å². The summed E-state index contributed by atoms with van der Waals surface area (Å²) in [4.78, 5) is 12.5. The highest BCUT2D eigenvalue weighted by atomic mass is 16.5. The quantitative estimate of drug-likeness (QED) is 0.900. The maximum atomic E-state index is 12.5. The summed E-state index contributed by atoms with van der Waals surface area (Å²) in [5, 5.41) is 6.42. The van der Waals surface area contributed by atoms with Crippen LogP contribution in [0, 0.1) is 11.3 Å². The lowest BCUT2D eigenvalue weighted by molar-refractivity contribution is -0.118. The molecule has 0 aromatic heterocycles. The molecule has 1 amide bonds. The van der Waals surface area contributed by atoms with E-state index in [0.29, 0.717) is 0 Å². The van der Waals surface area contributed by atoms with E-state index in [1.54, 1.807) is 0 Å². The molecule has 1 saturated carbocycles. The maximum absolute atomic E-state index is 12.5. The van der Waals surface area contributed by atoms with Crippen LogP contribution < -0.4 is 15.4 Å². The smallest absolute Gasteiger partial charge is 0.228 e. The molecule has 4 rings (SSSR count). The molecule has 4 heteroatoms. The summed E-state index contributed by atoms with van der Waals surface area (Å²) in [6, 6.07) is 17.2. The molecule has 124 valence electrons. The third-order valence-corrected chi connectivity index (χ3v) is 5.21. The zero-order valence-electron chi connectivity index (χ0n) is 13.6. The lowest BCUT2D eigenvalue weighted by atomic mass is 9.92. The molecule has 24 heavy (non-hydrogen) atoms. The van der Waals surface area contributed by atoms with E-state index in [2.05, 4.69) is 10.6 Å². The predicted molar refractivity (Wildman–Crippen MR) is 94.2 cm³/mol. The number of ether oxygens (including phenoxy) is 1. The number of rotatable bonds is 4. The summed E-state index contributed by atoms with van der Waals surface area (Å²) in [6.45, 7) is 2.07. The Bertz CT molecular complexity index is 706. The molecular formula is C20H22N2O2. The van der Waals surface area contributed by atoms with Gasteiger partial charge in [-0.2, -0.15) is 0 Å². The summed E-state index contributed by atoms with van der Waals surface area (Å²) in [6.07, 6.45) is 3.28. The lowest BCUT2D eigenvalue weighted by Crippen LogP contribution is -2.31. The topological polar surface area (TPSA) is 50.4 Å². The second kappa shape index (κ2) is 6.29. The summed E-state index contributed by atoms with van der Waals surface area (Å²) in [5.74, 6) is 1.91. The van der Waals surface area contributed by atoms with Crippen molar-refractivity contribution in [3.63, 3.8) is 0 Å². The number of nitrogens with one attached hydrogen (secondary N) is 2. The van der Waals surface area contributed by atoms with Gasteiger partial charge in [0.25, 0.3) is 0 Å². The molecule has 2 N–H and O–H groups in total. The van der Waals surface area contributed by atoms with Crippen molar-refractivity contribution in [1.82, 2.24) is 5.32 Å². The summed E-state index contributed by atoms with van der Waals surface area (Å²) in [5.41, 5.74) is 1.10. The molecule has 1 aliphatic heterocycles. The summed E-state index contributed by atoms with van der Waals surface area (Å²) >= 11 is 0. The highest BCUT2D eigenvalue weighted by Crippen LogP contribution is 2.58. The third-order valence-electron chi connectivity index (χ3n) is 5.21. The van der Waals surface area contributed by atoms with Gasteiger partial charge in [0, 0.05) is 11.6 Å². The fraction of sp³-hybridized carbons (Fsp3) is 0.350. The van der Waals surface area contributed by atoms with Crippen molar-refractivity contribution in [3.05, 3.63) is 54.6 Å². The molecule has 0 bridgehead atoms. The van der Waals surface area contributed by atoms with Crippen molar-refractivity contribution in [2.75, 3.05) is 18.4 Å². The van der Waals surface area contributed by atoms with Crippen molar-refractivity contribution < 1.29 is 9.53 Å². The van der Waals surface area contributed by atoms with E-state index < -0.39 is 0 Å². The van der Waals surface area contributed by atoms with Crippen molar-refractivity contribution in [1.29, 1.82) is 0 Å². The van der Waals surface area contributed by atoms with Gasteiger partial charge in [-0.25, -0.2) is 0 Å². The van der Waals surface area contributed by atoms with E-state index in [1.807, 2.05) is 54.6 Å². The van der Waals surface area contributed by atoms with Crippen LogP contribution in [0.2, 0.25) is 0 Å². The van der Waals surface area contributed by atoms with Gasteiger partial charge < -0.3 is 15.4 Å². The van der Waals surface area contributed by atoms with E-state index in [4.69, 9.17) is 4.74 Å². The first-order chi connectivity index (χ1) is 11.8. The SMILES string of the molecule is O=C(Nc1ccc(Oc2ccccc2)cc1)C1CC12CCNCC2. The molecule has 2 aromatic rings. The van der Waals surface area contributed by atoms with E-state index in [1.165, 1.54) is 0 Å². The zero-order chi connectivity index (χ0) is 16.4. The minimum Gasteiger partial charge on any atom is -0.457 e. The number of para-hydroxylation sites is 1. The molecule has 1 unspecified atom stereocenters. The van der Waals surface area contributed by atoms with Gasteiger partial charge >= 0.3 is 0 Å². The summed E-state index contributed by atoms with van der Waals surface area (Å²) < 4.78 is 5.77. The molecule has 1 spiro atoms. The predicted octanol–water partition coefficient (Wildman–Crippen LogP) is 3.81. The van der Waals surface area contributed by atoms with E-state index in [0.717, 1.165) is 49.5 Å². The Labute approximate surface area is 142 Å².